The molecule has 0 N–H and O–H groups in total. The topological polar surface area (TPSA) is 36.4 Å². The van der Waals surface area contributed by atoms with Crippen LogP contribution in [0.25, 0.3) is 0 Å². The third-order valence-corrected chi connectivity index (χ3v) is 5.50. The lowest BCUT2D eigenvalue weighted by Crippen LogP contribution is -2.34. The van der Waals surface area contributed by atoms with Gasteiger partial charge in [-0.25, -0.2) is 0 Å². The molecule has 0 bridgehead atoms. The molecule has 1 saturated heterocycles. The Bertz CT molecular complexity index is 723. The van der Waals surface area contributed by atoms with Crippen LogP contribution in [0.15, 0.2) is 48.7 Å². The minimum absolute atomic E-state index is 0.0178. The average molecular weight is 366 g/mol. The van der Waals surface area contributed by atoms with E-state index in [4.69, 9.17) is 0 Å². The van der Waals surface area contributed by atoms with Gasteiger partial charge in [0.15, 0.2) is 0 Å². The molecule has 4 nitrogen and oxygen atoms in total. The van der Waals surface area contributed by atoms with Crippen LogP contribution in [0.5, 0.6) is 0 Å². The van der Waals surface area contributed by atoms with Crippen LogP contribution >= 0.6 is 0 Å². The monoisotopic (exact) mass is 365 g/mol. The smallest absolute Gasteiger partial charge is 0.272 e. The van der Waals surface area contributed by atoms with Gasteiger partial charge in [-0.05, 0) is 49.3 Å². The van der Waals surface area contributed by atoms with E-state index in [1.807, 2.05) is 19.2 Å². The molecule has 0 saturated carbocycles. The van der Waals surface area contributed by atoms with E-state index in [-0.39, 0.29) is 5.91 Å². The quantitative estimate of drug-likeness (QED) is 0.729. The molecule has 1 aliphatic heterocycles. The molecule has 1 fully saturated rings. The molecule has 27 heavy (non-hydrogen) atoms. The Labute approximate surface area is 163 Å². The third kappa shape index (κ3) is 5.31. The number of piperidine rings is 1. The number of nitrogens with zero attached hydrogens (tertiary/aromatic N) is 3. The molecule has 0 radical (unpaired) electrons. The summed E-state index contributed by atoms with van der Waals surface area (Å²) < 4.78 is 0. The lowest BCUT2D eigenvalue weighted by molar-refractivity contribution is 0.0787. The normalized spacial score (nSPS) is 15.0. The van der Waals surface area contributed by atoms with E-state index in [0.717, 1.165) is 50.5 Å². The molecular formula is C23H31N3O. The Hall–Kier alpha value is -2.36. The van der Waals surface area contributed by atoms with Gasteiger partial charge >= 0.3 is 0 Å². The predicted octanol–water partition coefficient (Wildman–Crippen LogP) is 4.41. The van der Waals surface area contributed by atoms with E-state index in [1.54, 1.807) is 11.1 Å². The van der Waals surface area contributed by atoms with E-state index >= 15 is 0 Å². The van der Waals surface area contributed by atoms with Crippen LogP contribution in [0, 0.1) is 5.92 Å². The molecule has 0 atom stereocenters. The largest absolute Gasteiger partial charge is 0.371 e. The number of unbranched alkanes of at least 4 members (excludes halogenated alkanes) is 1. The fourth-order valence-corrected chi connectivity index (χ4v) is 3.77. The van der Waals surface area contributed by atoms with Gasteiger partial charge in [-0.15, -0.1) is 0 Å². The second-order valence-corrected chi connectivity index (χ2v) is 7.60. The summed E-state index contributed by atoms with van der Waals surface area (Å²) in [4.78, 5) is 21.1. The minimum Gasteiger partial charge on any atom is -0.371 e. The number of hydrogen-bond donors (Lipinski definition) is 0. The standard InChI is InChI=1S/C23H31N3O/c1-3-4-14-25(2)23(27)22-18-21(10-13-24-22)26-15-11-20(12-16-26)17-19-8-6-5-7-9-19/h5-10,13,18,20H,3-4,11-12,14-17H2,1-2H3. The van der Waals surface area contributed by atoms with Crippen molar-refractivity contribution < 1.29 is 4.79 Å². The van der Waals surface area contributed by atoms with Crippen molar-refractivity contribution in [3.8, 4) is 0 Å². The van der Waals surface area contributed by atoms with Gasteiger partial charge in [-0.2, -0.15) is 0 Å². The van der Waals surface area contributed by atoms with Crippen LogP contribution in [0.3, 0.4) is 0 Å². The molecule has 2 heterocycles. The molecule has 144 valence electrons. The summed E-state index contributed by atoms with van der Waals surface area (Å²) in [5.74, 6) is 0.760. The van der Waals surface area contributed by atoms with E-state index in [9.17, 15) is 4.79 Å². The lowest BCUT2D eigenvalue weighted by Gasteiger charge is -2.34. The highest BCUT2D eigenvalue weighted by Gasteiger charge is 2.21. The zero-order valence-corrected chi connectivity index (χ0v) is 16.6. The van der Waals surface area contributed by atoms with E-state index in [2.05, 4.69) is 47.1 Å². The van der Waals surface area contributed by atoms with Crippen molar-refractivity contribution >= 4 is 11.6 Å². The van der Waals surface area contributed by atoms with Crippen LogP contribution in [0.4, 0.5) is 5.69 Å². The second-order valence-electron chi connectivity index (χ2n) is 7.60. The van der Waals surface area contributed by atoms with E-state index < -0.39 is 0 Å². The Balaban J connectivity index is 1.57. The first-order valence-corrected chi connectivity index (χ1v) is 10.2. The molecule has 4 heteroatoms. The highest BCUT2D eigenvalue weighted by Crippen LogP contribution is 2.26. The molecule has 0 unspecified atom stereocenters. The summed E-state index contributed by atoms with van der Waals surface area (Å²) in [5, 5.41) is 0. The van der Waals surface area contributed by atoms with Crippen LogP contribution in [0.2, 0.25) is 0 Å². The summed E-state index contributed by atoms with van der Waals surface area (Å²) in [6.45, 7) is 5.01. The van der Waals surface area contributed by atoms with Crippen molar-refractivity contribution in [2.45, 2.75) is 39.0 Å². The first-order chi connectivity index (χ1) is 13.2. The van der Waals surface area contributed by atoms with Gasteiger partial charge in [0.2, 0.25) is 0 Å². The first kappa shape index (κ1) is 19.4. The summed E-state index contributed by atoms with van der Waals surface area (Å²) in [5.41, 5.74) is 3.11. The van der Waals surface area contributed by atoms with Crippen molar-refractivity contribution in [1.29, 1.82) is 0 Å². The molecule has 2 aromatic rings. The van der Waals surface area contributed by atoms with Crippen molar-refractivity contribution in [3.05, 3.63) is 59.9 Å². The fourth-order valence-electron chi connectivity index (χ4n) is 3.77. The van der Waals surface area contributed by atoms with Crippen LogP contribution < -0.4 is 4.90 Å². The maximum atomic E-state index is 12.6. The van der Waals surface area contributed by atoms with Gasteiger partial charge in [0.1, 0.15) is 5.69 Å². The number of anilines is 1. The highest BCUT2D eigenvalue weighted by molar-refractivity contribution is 5.93. The van der Waals surface area contributed by atoms with E-state index in [0.29, 0.717) is 5.69 Å². The Morgan fingerprint density at radius 1 is 1.19 bits per heavy atom. The SMILES string of the molecule is CCCCN(C)C(=O)c1cc(N2CCC(Cc3ccccc3)CC2)ccn1. The summed E-state index contributed by atoms with van der Waals surface area (Å²) in [6, 6.07) is 14.8. The molecule has 1 amide bonds. The van der Waals surface area contributed by atoms with Gasteiger partial charge in [-0.1, -0.05) is 43.7 Å². The number of aromatic nitrogens is 1. The lowest BCUT2D eigenvalue weighted by atomic mass is 9.90. The van der Waals surface area contributed by atoms with Crippen LogP contribution in [0.1, 0.15) is 48.7 Å². The fraction of sp³-hybridized carbons (Fsp3) is 0.478. The zero-order chi connectivity index (χ0) is 19.1. The molecule has 3 rings (SSSR count). The summed E-state index contributed by atoms with van der Waals surface area (Å²) >= 11 is 0. The minimum atomic E-state index is 0.0178. The number of benzene rings is 1. The number of carbonyl (C=O) groups is 1. The van der Waals surface area contributed by atoms with Gasteiger partial charge in [0, 0.05) is 38.6 Å². The first-order valence-electron chi connectivity index (χ1n) is 10.2. The molecule has 1 aromatic carbocycles. The number of hydrogen-bond acceptors (Lipinski definition) is 3. The van der Waals surface area contributed by atoms with Crippen molar-refractivity contribution in [1.82, 2.24) is 9.88 Å². The number of pyridine rings is 1. The Morgan fingerprint density at radius 3 is 2.63 bits per heavy atom. The molecule has 1 aromatic heterocycles. The summed E-state index contributed by atoms with van der Waals surface area (Å²) in [6.07, 6.45) is 7.43. The zero-order valence-electron chi connectivity index (χ0n) is 16.6. The van der Waals surface area contributed by atoms with Crippen LogP contribution in [-0.4, -0.2) is 42.5 Å². The van der Waals surface area contributed by atoms with Crippen LogP contribution in [-0.2, 0) is 6.42 Å². The number of carbonyl (C=O) groups excluding carboxylic acids is 1. The summed E-state index contributed by atoms with van der Waals surface area (Å²) in [7, 11) is 1.86. The average Bonchev–Trinajstić information content (AvgIpc) is 2.73. The molecule has 1 aliphatic rings. The Kier molecular flexibility index (Phi) is 6.86. The third-order valence-electron chi connectivity index (χ3n) is 5.50. The Morgan fingerprint density at radius 2 is 1.93 bits per heavy atom. The van der Waals surface area contributed by atoms with Gasteiger partial charge in [0.05, 0.1) is 0 Å². The maximum Gasteiger partial charge on any atom is 0.272 e. The van der Waals surface area contributed by atoms with Gasteiger partial charge in [0.25, 0.3) is 5.91 Å². The number of rotatable bonds is 7. The maximum absolute atomic E-state index is 12.6. The molecule has 0 spiro atoms. The van der Waals surface area contributed by atoms with Crippen molar-refractivity contribution in [3.63, 3.8) is 0 Å². The highest BCUT2D eigenvalue weighted by atomic mass is 16.2. The van der Waals surface area contributed by atoms with E-state index in [1.165, 1.54) is 18.4 Å². The van der Waals surface area contributed by atoms with Crippen molar-refractivity contribution in [2.24, 2.45) is 5.92 Å². The molecular weight excluding hydrogens is 334 g/mol. The van der Waals surface area contributed by atoms with Gasteiger partial charge < -0.3 is 9.80 Å². The predicted molar refractivity (Wildman–Crippen MR) is 111 cm³/mol. The van der Waals surface area contributed by atoms with Gasteiger partial charge in [-0.3, -0.25) is 9.78 Å². The van der Waals surface area contributed by atoms with Crippen molar-refractivity contribution in [2.75, 3.05) is 31.6 Å². The number of amides is 1. The second kappa shape index (κ2) is 9.54. The molecule has 0 aliphatic carbocycles.